The Hall–Kier alpha value is -8.31. The predicted molar refractivity (Wildman–Crippen MR) is 297 cm³/mol. The number of para-hydroxylation sites is 1. The molecule has 13 rings (SSSR count). The quantitative estimate of drug-likeness (QED) is 0.110. The molecule has 0 amide bonds. The highest BCUT2D eigenvalue weighted by atomic mass is 32.1. The molecular weight excluding hydrogens is 857 g/mol. The van der Waals surface area contributed by atoms with Gasteiger partial charge in [-0.05, 0) is 119 Å². The monoisotopic (exact) mass is 902 g/mol. The third kappa shape index (κ3) is 6.66. The van der Waals surface area contributed by atoms with Crippen LogP contribution in [0.3, 0.4) is 0 Å². The first kappa shape index (κ1) is 40.9. The van der Waals surface area contributed by atoms with Crippen LogP contribution in [0.1, 0.15) is 43.5 Å². The molecule has 0 saturated carbocycles. The summed E-state index contributed by atoms with van der Waals surface area (Å²) in [5, 5.41) is 11.8. The summed E-state index contributed by atoms with van der Waals surface area (Å²) in [6, 6.07) is 74.4. The molecule has 4 heteroatoms. The van der Waals surface area contributed by atoms with E-state index in [1.54, 1.807) is 0 Å². The lowest BCUT2D eigenvalue weighted by molar-refractivity contribution is 0.666. The second-order valence-electron chi connectivity index (χ2n) is 18.5. The van der Waals surface area contributed by atoms with Crippen molar-refractivity contribution in [2.75, 3.05) is 0 Å². The lowest BCUT2D eigenvalue weighted by atomic mass is 9.91. The van der Waals surface area contributed by atoms with Crippen LogP contribution < -0.4 is 0 Å². The maximum Gasteiger partial charge on any atom is 0.159 e. The number of benzene rings is 10. The number of thiophene rings is 1. The second kappa shape index (κ2) is 16.2. The zero-order chi connectivity index (χ0) is 46.3. The molecule has 0 spiro atoms. The Bertz CT molecular complexity index is 4310. The average molecular weight is 903 g/mol. The molecule has 0 saturated heterocycles. The van der Waals surface area contributed by atoms with Gasteiger partial charge in [-0.15, -0.1) is 11.3 Å². The van der Waals surface area contributed by atoms with E-state index in [2.05, 4.69) is 238 Å². The van der Waals surface area contributed by atoms with Gasteiger partial charge in [0.25, 0.3) is 0 Å². The van der Waals surface area contributed by atoms with E-state index in [1.165, 1.54) is 58.1 Å². The van der Waals surface area contributed by atoms with Crippen LogP contribution in [0.15, 0.2) is 233 Å². The molecule has 0 N–H and O–H groups in total. The van der Waals surface area contributed by atoms with E-state index in [9.17, 15) is 0 Å². The fourth-order valence-electron chi connectivity index (χ4n) is 10.8. The Morgan fingerprint density at radius 3 is 2.04 bits per heavy atom. The number of fused-ring (bicyclic) bond motifs is 12. The molecule has 0 fully saturated rings. The van der Waals surface area contributed by atoms with Crippen molar-refractivity contribution in [3.05, 3.63) is 241 Å². The number of aliphatic imine (C=N–C) groups is 1. The number of aromatic nitrogens is 1. The van der Waals surface area contributed by atoms with Crippen LogP contribution in [0.2, 0.25) is 0 Å². The summed E-state index contributed by atoms with van der Waals surface area (Å²) in [6.07, 6.45) is 0. The Balaban J connectivity index is 1.11. The first-order valence-electron chi connectivity index (χ1n) is 23.7. The Kier molecular flexibility index (Phi) is 9.60. The van der Waals surface area contributed by atoms with Crippen molar-refractivity contribution in [1.82, 2.24) is 4.57 Å². The van der Waals surface area contributed by atoms with Crippen molar-refractivity contribution >= 4 is 108 Å². The smallest absolute Gasteiger partial charge is 0.159 e. The zero-order valence-corrected chi connectivity index (χ0v) is 39.4. The van der Waals surface area contributed by atoms with Gasteiger partial charge in [0, 0.05) is 52.7 Å². The largest absolute Gasteiger partial charge is 0.454 e. The van der Waals surface area contributed by atoms with Gasteiger partial charge < -0.3 is 8.98 Å². The van der Waals surface area contributed by atoms with Gasteiger partial charge in [-0.3, -0.25) is 4.99 Å². The molecule has 1 atom stereocenters. The maximum absolute atomic E-state index is 7.00. The van der Waals surface area contributed by atoms with Crippen molar-refractivity contribution in [3.8, 4) is 16.8 Å². The van der Waals surface area contributed by atoms with Crippen LogP contribution in [0.25, 0.3) is 108 Å². The van der Waals surface area contributed by atoms with Gasteiger partial charge in [0.05, 0.1) is 28.5 Å². The van der Waals surface area contributed by atoms with E-state index in [0.717, 1.165) is 83.3 Å². The van der Waals surface area contributed by atoms with Gasteiger partial charge in [-0.1, -0.05) is 170 Å². The molecular formula is C65H46N2OS. The fourth-order valence-corrected chi connectivity index (χ4v) is 11.9. The Labute approximate surface area is 404 Å². The van der Waals surface area contributed by atoms with Gasteiger partial charge >= 0.3 is 0 Å². The number of furan rings is 1. The van der Waals surface area contributed by atoms with E-state index in [0.29, 0.717) is 0 Å². The zero-order valence-electron chi connectivity index (χ0n) is 38.6. The molecule has 0 bridgehead atoms. The maximum atomic E-state index is 7.00. The van der Waals surface area contributed by atoms with Crippen molar-refractivity contribution in [2.24, 2.45) is 4.99 Å². The summed E-state index contributed by atoms with van der Waals surface area (Å²) in [7, 11) is 0. The topological polar surface area (TPSA) is 30.4 Å². The lowest BCUT2D eigenvalue weighted by Gasteiger charge is -2.20. The Morgan fingerprint density at radius 2 is 1.22 bits per heavy atom. The molecule has 0 radical (unpaired) electrons. The molecule has 328 valence electrons. The molecule has 13 aromatic rings. The van der Waals surface area contributed by atoms with Gasteiger partial charge in [0.2, 0.25) is 0 Å². The highest BCUT2D eigenvalue weighted by molar-refractivity contribution is 7.25. The summed E-state index contributed by atoms with van der Waals surface area (Å²) >= 11 is 1.84. The van der Waals surface area contributed by atoms with Crippen LogP contribution in [0, 0.1) is 0 Å². The number of nitrogens with zero attached hydrogens (tertiary/aromatic N) is 2. The Morgan fingerprint density at radius 1 is 0.536 bits per heavy atom. The lowest BCUT2D eigenvalue weighted by Crippen LogP contribution is -2.10. The first-order valence-corrected chi connectivity index (χ1v) is 24.5. The predicted octanol–water partition coefficient (Wildman–Crippen LogP) is 18.6. The third-order valence-corrected chi connectivity index (χ3v) is 15.4. The molecule has 10 aromatic carbocycles. The highest BCUT2D eigenvalue weighted by Gasteiger charge is 2.24. The summed E-state index contributed by atoms with van der Waals surface area (Å²) in [5.74, 6) is 0. The van der Waals surface area contributed by atoms with Crippen molar-refractivity contribution in [2.45, 2.75) is 26.8 Å². The average Bonchev–Trinajstić information content (AvgIpc) is 4.07. The van der Waals surface area contributed by atoms with E-state index in [1.807, 2.05) is 11.3 Å². The SMILES string of the molecule is C=C(C)C(/N=C(\C(C)=C(/C)c1cc(-n2c3cc4ccccc4cc3c3ccc4ccccc4c32)c2oc3ccccc3c2c1)c1cccc2sc3ccccc3c12)c1cccc(-c2ccccc2)c1. The van der Waals surface area contributed by atoms with Gasteiger partial charge in [0.15, 0.2) is 5.58 Å². The minimum Gasteiger partial charge on any atom is -0.454 e. The molecule has 3 nitrogen and oxygen atoms in total. The second-order valence-corrected chi connectivity index (χ2v) is 19.5. The van der Waals surface area contributed by atoms with E-state index >= 15 is 0 Å². The molecule has 3 heterocycles. The summed E-state index contributed by atoms with van der Waals surface area (Å²) in [5.41, 5.74) is 14.8. The minimum absolute atomic E-state index is 0.303. The number of allylic oxidation sites excluding steroid dienone is 2. The van der Waals surface area contributed by atoms with E-state index in [4.69, 9.17) is 9.41 Å². The molecule has 0 aliphatic heterocycles. The highest BCUT2D eigenvalue weighted by Crippen LogP contribution is 2.44. The van der Waals surface area contributed by atoms with Crippen LogP contribution in [-0.2, 0) is 0 Å². The molecule has 0 aliphatic carbocycles. The van der Waals surface area contributed by atoms with E-state index in [-0.39, 0.29) is 6.04 Å². The van der Waals surface area contributed by atoms with Crippen LogP contribution >= 0.6 is 11.3 Å². The standard InChI is InChI=1S/C65H46N2OS/c1-39(2)62(47-24-16-23-44(34-47)42-18-6-5-7-19-42)66-63(53-28-17-31-60-61(53)52-27-13-15-30-59(52)69-60)41(4)40(3)48-36-55-50-26-12-14-29-58(50)68-65(55)57(38-48)67-56-37-46-22-9-8-21-45(46)35-54(56)51-33-32-43-20-10-11-25-49(43)64(51)67/h5-38,62H,1H2,2-4H3/b41-40+,66-63+. The number of hydrogen-bond acceptors (Lipinski definition) is 3. The number of rotatable bonds is 8. The molecule has 1 unspecified atom stereocenters. The summed E-state index contributed by atoms with van der Waals surface area (Å²) < 4.78 is 12.0. The number of hydrogen-bond donors (Lipinski definition) is 0. The van der Waals surface area contributed by atoms with Gasteiger partial charge in [0.1, 0.15) is 5.58 Å². The minimum atomic E-state index is -0.303. The molecule has 69 heavy (non-hydrogen) atoms. The third-order valence-electron chi connectivity index (χ3n) is 14.3. The molecule has 3 aromatic heterocycles. The summed E-state index contributed by atoms with van der Waals surface area (Å²) in [4.78, 5) is 5.89. The van der Waals surface area contributed by atoms with Crippen molar-refractivity contribution < 1.29 is 4.42 Å². The van der Waals surface area contributed by atoms with Crippen LogP contribution in [-0.4, -0.2) is 10.3 Å². The van der Waals surface area contributed by atoms with Gasteiger partial charge in [-0.2, -0.15) is 0 Å². The van der Waals surface area contributed by atoms with E-state index < -0.39 is 0 Å². The van der Waals surface area contributed by atoms with Crippen LogP contribution in [0.4, 0.5) is 0 Å². The molecule has 0 aliphatic rings. The van der Waals surface area contributed by atoms with Crippen LogP contribution in [0.5, 0.6) is 0 Å². The van der Waals surface area contributed by atoms with Gasteiger partial charge in [-0.25, -0.2) is 0 Å². The van der Waals surface area contributed by atoms with Crippen molar-refractivity contribution in [1.29, 1.82) is 0 Å². The fraction of sp³-hybridized carbons (Fsp3) is 0.0615. The normalized spacial score (nSPS) is 13.2. The van der Waals surface area contributed by atoms with Crippen molar-refractivity contribution in [3.63, 3.8) is 0 Å². The first-order chi connectivity index (χ1) is 33.9. The summed E-state index contributed by atoms with van der Waals surface area (Å²) in [6.45, 7) is 11.2.